The Morgan fingerprint density at radius 3 is 2.56 bits per heavy atom. The molecule has 2 aromatic carbocycles. The number of rotatable bonds is 7. The van der Waals surface area contributed by atoms with E-state index >= 15 is 0 Å². The Morgan fingerprint density at radius 2 is 1.80 bits per heavy atom. The molecule has 0 aliphatic carbocycles. The van der Waals surface area contributed by atoms with Gasteiger partial charge in [-0.15, -0.1) is 0 Å². The van der Waals surface area contributed by atoms with Gasteiger partial charge in [-0.05, 0) is 36.2 Å². The molecule has 1 aromatic heterocycles. The number of amides is 1. The van der Waals surface area contributed by atoms with Crippen molar-refractivity contribution < 1.29 is 13.9 Å². The number of ether oxygens (including phenoxy) is 1. The highest BCUT2D eigenvalue weighted by Gasteiger charge is 2.13. The molecule has 0 spiro atoms. The summed E-state index contributed by atoms with van der Waals surface area (Å²) >= 11 is 0. The number of hydrogen-bond acceptors (Lipinski definition) is 3. The largest absolute Gasteiger partial charge is 0.483 e. The molecule has 25 heavy (non-hydrogen) atoms. The van der Waals surface area contributed by atoms with Crippen molar-refractivity contribution in [2.75, 3.05) is 6.61 Å². The maximum atomic E-state index is 12.1. The van der Waals surface area contributed by atoms with Crippen LogP contribution in [-0.4, -0.2) is 12.5 Å². The Kier molecular flexibility index (Phi) is 5.52. The summed E-state index contributed by atoms with van der Waals surface area (Å²) < 4.78 is 11.0. The van der Waals surface area contributed by atoms with Crippen molar-refractivity contribution in [3.05, 3.63) is 89.9 Å². The minimum Gasteiger partial charge on any atom is -0.483 e. The molecule has 0 aliphatic heterocycles. The van der Waals surface area contributed by atoms with Crippen LogP contribution in [0.1, 0.15) is 29.9 Å². The maximum absolute atomic E-state index is 12.1. The summed E-state index contributed by atoms with van der Waals surface area (Å²) in [4.78, 5) is 12.1. The van der Waals surface area contributed by atoms with Gasteiger partial charge in [0.05, 0.1) is 12.3 Å². The zero-order valence-electron chi connectivity index (χ0n) is 14.1. The van der Waals surface area contributed by atoms with Crippen LogP contribution in [0.4, 0.5) is 0 Å². The summed E-state index contributed by atoms with van der Waals surface area (Å²) in [5.74, 6) is 1.27. The quantitative estimate of drug-likeness (QED) is 0.706. The first kappa shape index (κ1) is 16.8. The van der Waals surface area contributed by atoms with Crippen LogP contribution in [0.25, 0.3) is 0 Å². The molecule has 1 N–H and O–H groups in total. The van der Waals surface area contributed by atoms with Crippen LogP contribution in [0.15, 0.2) is 77.4 Å². The molecule has 1 amide bonds. The van der Waals surface area contributed by atoms with Crippen molar-refractivity contribution in [2.24, 2.45) is 0 Å². The Balaban J connectivity index is 1.58. The summed E-state index contributed by atoms with van der Waals surface area (Å²) in [7, 11) is 0. The molecule has 0 fully saturated rings. The third-order valence-corrected chi connectivity index (χ3v) is 3.92. The van der Waals surface area contributed by atoms with E-state index in [-0.39, 0.29) is 18.6 Å². The molecule has 1 heterocycles. The Morgan fingerprint density at radius 1 is 1.04 bits per heavy atom. The van der Waals surface area contributed by atoms with Gasteiger partial charge in [0.15, 0.2) is 6.61 Å². The molecule has 0 unspecified atom stereocenters. The lowest BCUT2D eigenvalue weighted by Gasteiger charge is -2.14. The zero-order chi connectivity index (χ0) is 17.5. The molecule has 4 nitrogen and oxygen atoms in total. The molecule has 0 radical (unpaired) electrons. The lowest BCUT2D eigenvalue weighted by atomic mass is 10.0. The fraction of sp³-hybridized carbons (Fsp3) is 0.190. The first-order chi connectivity index (χ1) is 12.2. The van der Waals surface area contributed by atoms with E-state index < -0.39 is 0 Å². The second-order valence-electron chi connectivity index (χ2n) is 5.86. The van der Waals surface area contributed by atoms with Crippen LogP contribution in [0.2, 0.25) is 0 Å². The smallest absolute Gasteiger partial charge is 0.258 e. The fourth-order valence-electron chi connectivity index (χ4n) is 2.64. The van der Waals surface area contributed by atoms with E-state index in [1.54, 1.807) is 12.3 Å². The zero-order valence-corrected chi connectivity index (χ0v) is 14.1. The summed E-state index contributed by atoms with van der Waals surface area (Å²) in [5, 5.41) is 2.86. The van der Waals surface area contributed by atoms with Crippen molar-refractivity contribution in [3.63, 3.8) is 0 Å². The molecule has 3 aromatic rings. The van der Waals surface area contributed by atoms with E-state index in [4.69, 9.17) is 9.15 Å². The van der Waals surface area contributed by atoms with Gasteiger partial charge in [0.2, 0.25) is 0 Å². The van der Waals surface area contributed by atoms with E-state index in [0.29, 0.717) is 0 Å². The van der Waals surface area contributed by atoms with Crippen LogP contribution < -0.4 is 10.1 Å². The average Bonchev–Trinajstić information content (AvgIpc) is 3.17. The van der Waals surface area contributed by atoms with Crippen LogP contribution in [-0.2, 0) is 11.2 Å². The minimum atomic E-state index is -0.189. The normalized spacial score (nSPS) is 11.7. The van der Waals surface area contributed by atoms with E-state index in [1.165, 1.54) is 5.56 Å². The number of nitrogens with one attached hydrogen (secondary N) is 1. The fourth-order valence-corrected chi connectivity index (χ4v) is 2.64. The van der Waals surface area contributed by atoms with E-state index in [1.807, 2.05) is 55.5 Å². The number of carbonyl (C=O) groups is 1. The standard InChI is InChI=1S/C21H21NO3/c1-16(19-12-7-13-24-19)22-21(23)15-25-20-11-6-5-10-18(20)14-17-8-3-2-4-9-17/h2-13,16H,14-15H2,1H3,(H,22,23)/t16-/m1/s1. The van der Waals surface area contributed by atoms with E-state index in [2.05, 4.69) is 17.4 Å². The lowest BCUT2D eigenvalue weighted by Crippen LogP contribution is -2.31. The van der Waals surface area contributed by atoms with Crippen molar-refractivity contribution in [1.29, 1.82) is 0 Å². The van der Waals surface area contributed by atoms with Crippen molar-refractivity contribution in [2.45, 2.75) is 19.4 Å². The predicted molar refractivity (Wildman–Crippen MR) is 96.5 cm³/mol. The van der Waals surface area contributed by atoms with Crippen molar-refractivity contribution in [1.82, 2.24) is 5.32 Å². The predicted octanol–water partition coefficient (Wildman–Crippen LogP) is 4.13. The second-order valence-corrected chi connectivity index (χ2v) is 5.86. The lowest BCUT2D eigenvalue weighted by molar-refractivity contribution is -0.123. The molecule has 4 heteroatoms. The van der Waals surface area contributed by atoms with Gasteiger partial charge in [-0.25, -0.2) is 0 Å². The summed E-state index contributed by atoms with van der Waals surface area (Å²) in [5.41, 5.74) is 2.26. The summed E-state index contributed by atoms with van der Waals surface area (Å²) in [6.07, 6.45) is 2.36. The number of para-hydroxylation sites is 1. The molecule has 3 rings (SSSR count). The van der Waals surface area contributed by atoms with Gasteiger partial charge in [0.25, 0.3) is 5.91 Å². The number of hydrogen-bond donors (Lipinski definition) is 1. The second kappa shape index (κ2) is 8.20. The average molecular weight is 335 g/mol. The van der Waals surface area contributed by atoms with Gasteiger partial charge in [0.1, 0.15) is 11.5 Å². The topological polar surface area (TPSA) is 51.5 Å². The SMILES string of the molecule is C[C@@H](NC(=O)COc1ccccc1Cc1ccccc1)c1ccco1. The van der Waals surface area contributed by atoms with Gasteiger partial charge in [-0.3, -0.25) is 4.79 Å². The third kappa shape index (κ3) is 4.73. The number of benzene rings is 2. The van der Waals surface area contributed by atoms with Gasteiger partial charge in [0, 0.05) is 6.42 Å². The van der Waals surface area contributed by atoms with Gasteiger partial charge in [-0.1, -0.05) is 48.5 Å². The minimum absolute atomic E-state index is 0.0309. The molecule has 0 aliphatic rings. The van der Waals surface area contributed by atoms with Crippen LogP contribution in [0.5, 0.6) is 5.75 Å². The Hall–Kier alpha value is -3.01. The molecule has 0 bridgehead atoms. The molecule has 0 saturated heterocycles. The monoisotopic (exact) mass is 335 g/mol. The molecule has 0 saturated carbocycles. The maximum Gasteiger partial charge on any atom is 0.258 e. The van der Waals surface area contributed by atoms with Crippen molar-refractivity contribution in [3.8, 4) is 5.75 Å². The highest BCUT2D eigenvalue weighted by Crippen LogP contribution is 2.21. The molecule has 128 valence electrons. The highest BCUT2D eigenvalue weighted by molar-refractivity contribution is 5.78. The van der Waals surface area contributed by atoms with Gasteiger partial charge >= 0.3 is 0 Å². The summed E-state index contributed by atoms with van der Waals surface area (Å²) in [6.45, 7) is 1.84. The Bertz CT molecular complexity index is 797. The molecular weight excluding hydrogens is 314 g/mol. The van der Waals surface area contributed by atoms with E-state index in [0.717, 1.165) is 23.5 Å². The first-order valence-corrected chi connectivity index (χ1v) is 8.30. The molecular formula is C21H21NO3. The molecule has 1 atom stereocenters. The van der Waals surface area contributed by atoms with Crippen LogP contribution in [0, 0.1) is 0 Å². The third-order valence-electron chi connectivity index (χ3n) is 3.92. The van der Waals surface area contributed by atoms with Crippen molar-refractivity contribution >= 4 is 5.91 Å². The number of carbonyl (C=O) groups excluding carboxylic acids is 1. The van der Waals surface area contributed by atoms with Gasteiger partial charge < -0.3 is 14.5 Å². The van der Waals surface area contributed by atoms with E-state index in [9.17, 15) is 4.79 Å². The number of furan rings is 1. The first-order valence-electron chi connectivity index (χ1n) is 8.30. The van der Waals surface area contributed by atoms with Crippen LogP contribution >= 0.6 is 0 Å². The highest BCUT2D eigenvalue weighted by atomic mass is 16.5. The Labute approximate surface area is 147 Å². The summed E-state index contributed by atoms with van der Waals surface area (Å²) in [6, 6.07) is 21.4. The van der Waals surface area contributed by atoms with Crippen LogP contribution in [0.3, 0.4) is 0 Å². The van der Waals surface area contributed by atoms with Gasteiger partial charge in [-0.2, -0.15) is 0 Å².